The molecule has 18 heavy (non-hydrogen) atoms. The summed E-state index contributed by atoms with van der Waals surface area (Å²) in [5.41, 5.74) is 0.114. The van der Waals surface area contributed by atoms with Crippen LogP contribution in [-0.4, -0.2) is 4.75 Å². The summed E-state index contributed by atoms with van der Waals surface area (Å²) in [7, 11) is 0. The largest absolute Gasteiger partial charge is 0.263 e. The number of rotatable bonds is 4. The van der Waals surface area contributed by atoms with Gasteiger partial charge in [0.2, 0.25) is 0 Å². The third-order valence-corrected chi connectivity index (χ3v) is 3.37. The predicted molar refractivity (Wildman–Crippen MR) is 70.3 cm³/mol. The zero-order valence-electron chi connectivity index (χ0n) is 10.9. The van der Waals surface area contributed by atoms with E-state index in [2.05, 4.69) is 4.72 Å². The fraction of sp³-hybridized carbons (Fsp3) is 0.538. The second-order valence-corrected chi connectivity index (χ2v) is 6.80. The second-order valence-electron chi connectivity index (χ2n) is 5.14. The molecular weight excluding hydrogens is 259 g/mol. The van der Waals surface area contributed by atoms with Gasteiger partial charge in [0.25, 0.3) is 6.43 Å². The number of hydrogen-bond acceptors (Lipinski definition) is 2. The SMILES string of the molecule is C[C@H](NSC(C)(C)C)c1ccc(C(F)F)cc1F. The summed E-state index contributed by atoms with van der Waals surface area (Å²) in [6.07, 6.45) is -2.64. The molecule has 102 valence electrons. The molecule has 0 heterocycles. The van der Waals surface area contributed by atoms with Crippen LogP contribution >= 0.6 is 11.9 Å². The van der Waals surface area contributed by atoms with Crippen molar-refractivity contribution in [1.29, 1.82) is 0 Å². The maximum atomic E-state index is 13.7. The maximum absolute atomic E-state index is 13.7. The second kappa shape index (κ2) is 5.97. The van der Waals surface area contributed by atoms with Gasteiger partial charge in [0.1, 0.15) is 5.82 Å². The molecule has 0 saturated carbocycles. The van der Waals surface area contributed by atoms with Crippen LogP contribution in [0, 0.1) is 5.82 Å². The Morgan fingerprint density at radius 3 is 2.28 bits per heavy atom. The van der Waals surface area contributed by atoms with Gasteiger partial charge < -0.3 is 0 Å². The first-order valence-electron chi connectivity index (χ1n) is 5.72. The van der Waals surface area contributed by atoms with E-state index < -0.39 is 12.2 Å². The molecule has 0 aliphatic rings. The summed E-state index contributed by atoms with van der Waals surface area (Å²) in [5, 5.41) is 0. The Balaban J connectivity index is 2.77. The number of halogens is 3. The van der Waals surface area contributed by atoms with Crippen LogP contribution in [0.3, 0.4) is 0 Å². The van der Waals surface area contributed by atoms with Crippen LogP contribution < -0.4 is 4.72 Å². The molecule has 1 nitrogen and oxygen atoms in total. The molecule has 0 unspecified atom stereocenters. The third-order valence-electron chi connectivity index (χ3n) is 2.28. The summed E-state index contributed by atoms with van der Waals surface area (Å²) >= 11 is 1.49. The van der Waals surface area contributed by atoms with Crippen LogP contribution in [0.4, 0.5) is 13.2 Å². The summed E-state index contributed by atoms with van der Waals surface area (Å²) in [5.74, 6) is -0.595. The molecule has 1 aromatic rings. The highest BCUT2D eigenvalue weighted by Crippen LogP contribution is 2.27. The van der Waals surface area contributed by atoms with E-state index in [1.165, 1.54) is 24.1 Å². The molecule has 0 aliphatic heterocycles. The molecule has 0 amide bonds. The lowest BCUT2D eigenvalue weighted by Crippen LogP contribution is -2.20. The molecule has 5 heteroatoms. The highest BCUT2D eigenvalue weighted by molar-refractivity contribution is 7.98. The van der Waals surface area contributed by atoms with Crippen molar-refractivity contribution in [2.24, 2.45) is 0 Å². The minimum Gasteiger partial charge on any atom is -0.256 e. The molecule has 1 rings (SSSR count). The highest BCUT2D eigenvalue weighted by Gasteiger charge is 2.17. The topological polar surface area (TPSA) is 12.0 Å². The highest BCUT2D eigenvalue weighted by atomic mass is 32.2. The summed E-state index contributed by atoms with van der Waals surface area (Å²) in [6.45, 7) is 7.91. The zero-order valence-corrected chi connectivity index (χ0v) is 11.7. The van der Waals surface area contributed by atoms with Crippen LogP contribution in [0.2, 0.25) is 0 Å². The van der Waals surface area contributed by atoms with E-state index in [0.29, 0.717) is 5.56 Å². The van der Waals surface area contributed by atoms with Crippen LogP contribution in [0.25, 0.3) is 0 Å². The quantitative estimate of drug-likeness (QED) is 0.789. The molecule has 1 atom stereocenters. The van der Waals surface area contributed by atoms with Gasteiger partial charge in [0.05, 0.1) is 0 Å². The zero-order chi connectivity index (χ0) is 13.9. The van der Waals surface area contributed by atoms with E-state index in [4.69, 9.17) is 0 Å². The first kappa shape index (κ1) is 15.4. The van der Waals surface area contributed by atoms with Gasteiger partial charge in [-0.25, -0.2) is 13.2 Å². The predicted octanol–water partition coefficient (Wildman–Crippen LogP) is 4.86. The van der Waals surface area contributed by atoms with Crippen molar-refractivity contribution < 1.29 is 13.2 Å². The van der Waals surface area contributed by atoms with Gasteiger partial charge in [-0.2, -0.15) is 0 Å². The van der Waals surface area contributed by atoms with Gasteiger partial charge in [-0.15, -0.1) is 0 Å². The molecule has 0 spiro atoms. The standard InChI is InChI=1S/C13H18F3NS/c1-8(17-18-13(2,3)4)10-6-5-9(12(15)16)7-11(10)14/h5-8,12,17H,1-4H3/t8-/m0/s1. The van der Waals surface area contributed by atoms with E-state index in [0.717, 1.165) is 6.07 Å². The average Bonchev–Trinajstić information content (AvgIpc) is 2.24. The Kier molecular flexibility index (Phi) is 5.10. The van der Waals surface area contributed by atoms with E-state index in [1.54, 1.807) is 6.92 Å². The number of alkyl halides is 2. The average molecular weight is 277 g/mol. The van der Waals surface area contributed by atoms with Crippen molar-refractivity contribution in [2.75, 3.05) is 0 Å². The fourth-order valence-electron chi connectivity index (χ4n) is 1.36. The van der Waals surface area contributed by atoms with E-state index >= 15 is 0 Å². The molecule has 1 N–H and O–H groups in total. The van der Waals surface area contributed by atoms with Crippen molar-refractivity contribution in [3.8, 4) is 0 Å². The third kappa shape index (κ3) is 4.53. The molecular formula is C13H18F3NS. The van der Waals surface area contributed by atoms with Crippen molar-refractivity contribution >= 4 is 11.9 Å². The number of hydrogen-bond donors (Lipinski definition) is 1. The number of benzene rings is 1. The van der Waals surface area contributed by atoms with Gasteiger partial charge in [0, 0.05) is 21.9 Å². The Hall–Kier alpha value is -0.680. The van der Waals surface area contributed by atoms with Gasteiger partial charge >= 0.3 is 0 Å². The van der Waals surface area contributed by atoms with Crippen LogP contribution in [-0.2, 0) is 0 Å². The molecule has 0 saturated heterocycles. The minimum absolute atomic E-state index is 0.00759. The first-order chi connectivity index (χ1) is 8.20. The van der Waals surface area contributed by atoms with Gasteiger partial charge in [0.15, 0.2) is 0 Å². The lowest BCUT2D eigenvalue weighted by atomic mass is 10.1. The molecule has 0 bridgehead atoms. The van der Waals surface area contributed by atoms with Crippen LogP contribution in [0.1, 0.15) is 51.3 Å². The fourth-order valence-corrected chi connectivity index (χ4v) is 2.02. The summed E-state index contributed by atoms with van der Waals surface area (Å²) < 4.78 is 41.6. The maximum Gasteiger partial charge on any atom is 0.263 e. The lowest BCUT2D eigenvalue weighted by molar-refractivity contribution is 0.151. The van der Waals surface area contributed by atoms with Gasteiger partial charge in [-0.1, -0.05) is 24.1 Å². The van der Waals surface area contributed by atoms with Gasteiger partial charge in [-0.3, -0.25) is 4.72 Å². The van der Waals surface area contributed by atoms with Crippen LogP contribution in [0.5, 0.6) is 0 Å². The van der Waals surface area contributed by atoms with Crippen molar-refractivity contribution in [1.82, 2.24) is 4.72 Å². The Morgan fingerprint density at radius 2 is 1.83 bits per heavy atom. The van der Waals surface area contributed by atoms with Crippen molar-refractivity contribution in [2.45, 2.75) is 44.9 Å². The van der Waals surface area contributed by atoms with Gasteiger partial charge in [-0.05, 0) is 33.8 Å². The monoisotopic (exact) mass is 277 g/mol. The van der Waals surface area contributed by atoms with Crippen LogP contribution in [0.15, 0.2) is 18.2 Å². The molecule has 1 aromatic carbocycles. The first-order valence-corrected chi connectivity index (χ1v) is 6.53. The van der Waals surface area contributed by atoms with E-state index in [1.807, 2.05) is 20.8 Å². The minimum atomic E-state index is -2.64. The Bertz CT molecular complexity index is 402. The molecule has 0 aromatic heterocycles. The summed E-state index contributed by atoms with van der Waals surface area (Å²) in [4.78, 5) is 0. The normalized spacial score (nSPS) is 14.0. The van der Waals surface area contributed by atoms with E-state index in [-0.39, 0.29) is 16.4 Å². The molecule has 0 aliphatic carbocycles. The van der Waals surface area contributed by atoms with E-state index in [9.17, 15) is 13.2 Å². The lowest BCUT2D eigenvalue weighted by Gasteiger charge is -2.22. The van der Waals surface area contributed by atoms with Crippen molar-refractivity contribution in [3.63, 3.8) is 0 Å². The number of nitrogens with one attached hydrogen (secondary N) is 1. The smallest absolute Gasteiger partial charge is 0.256 e. The Morgan fingerprint density at radius 1 is 1.22 bits per heavy atom. The Labute approximate surface area is 110 Å². The molecule has 0 fully saturated rings. The van der Waals surface area contributed by atoms with Crippen molar-refractivity contribution in [3.05, 3.63) is 35.1 Å². The summed E-state index contributed by atoms with van der Waals surface area (Å²) in [6, 6.07) is 3.35. The molecule has 0 radical (unpaired) electrons.